The monoisotopic (exact) mass is 313 g/mol. The van der Waals surface area contributed by atoms with E-state index in [4.69, 9.17) is 4.74 Å². The van der Waals surface area contributed by atoms with Gasteiger partial charge in [0.1, 0.15) is 17.8 Å². The van der Waals surface area contributed by atoms with Crippen LogP contribution in [0.15, 0.2) is 36.9 Å². The Morgan fingerprint density at radius 1 is 1.39 bits per heavy atom. The largest absolute Gasteiger partial charge is 0.376 e. The molecular formula is C16H19N5O2. The Morgan fingerprint density at radius 2 is 2.35 bits per heavy atom. The molecule has 0 saturated carbocycles. The van der Waals surface area contributed by atoms with Crippen LogP contribution in [0.1, 0.15) is 28.9 Å². The van der Waals surface area contributed by atoms with Crippen molar-refractivity contribution in [1.82, 2.24) is 20.3 Å². The molecule has 0 aliphatic carbocycles. The smallest absolute Gasteiger partial charge is 0.270 e. The van der Waals surface area contributed by atoms with Gasteiger partial charge in [-0.25, -0.2) is 9.97 Å². The van der Waals surface area contributed by atoms with Gasteiger partial charge in [-0.2, -0.15) is 0 Å². The number of nitrogens with one attached hydrogen (secondary N) is 2. The molecule has 120 valence electrons. The topological polar surface area (TPSA) is 89.0 Å². The first-order valence-electron chi connectivity index (χ1n) is 7.66. The normalized spacial score (nSPS) is 17.0. The molecule has 1 fully saturated rings. The van der Waals surface area contributed by atoms with E-state index in [1.807, 2.05) is 12.1 Å². The fraction of sp³-hybridized carbons (Fsp3) is 0.375. The first-order chi connectivity index (χ1) is 11.3. The Hall–Kier alpha value is -2.54. The van der Waals surface area contributed by atoms with Gasteiger partial charge in [-0.1, -0.05) is 6.07 Å². The second-order valence-electron chi connectivity index (χ2n) is 5.35. The van der Waals surface area contributed by atoms with Crippen LogP contribution in [0, 0.1) is 0 Å². The maximum atomic E-state index is 12.1. The number of aromatic nitrogens is 3. The lowest BCUT2D eigenvalue weighted by atomic mass is 10.2. The zero-order valence-electron chi connectivity index (χ0n) is 12.7. The van der Waals surface area contributed by atoms with E-state index in [-0.39, 0.29) is 12.0 Å². The molecule has 0 aromatic carbocycles. The number of rotatable bonds is 6. The van der Waals surface area contributed by atoms with E-state index in [1.54, 1.807) is 18.5 Å². The second kappa shape index (κ2) is 7.64. The van der Waals surface area contributed by atoms with Crippen molar-refractivity contribution in [2.24, 2.45) is 0 Å². The quantitative estimate of drug-likeness (QED) is 0.838. The first-order valence-corrected chi connectivity index (χ1v) is 7.66. The Labute approximate surface area is 134 Å². The van der Waals surface area contributed by atoms with Gasteiger partial charge in [0.05, 0.1) is 6.10 Å². The Morgan fingerprint density at radius 3 is 3.13 bits per heavy atom. The van der Waals surface area contributed by atoms with Crippen molar-refractivity contribution < 1.29 is 9.53 Å². The summed E-state index contributed by atoms with van der Waals surface area (Å²) in [5.74, 6) is 0.387. The van der Waals surface area contributed by atoms with Crippen molar-refractivity contribution in [3.05, 3.63) is 48.2 Å². The van der Waals surface area contributed by atoms with Crippen LogP contribution in [0.3, 0.4) is 0 Å². The Balaban J connectivity index is 1.54. The number of ether oxygens (including phenoxy) is 1. The summed E-state index contributed by atoms with van der Waals surface area (Å²) in [5, 5.41) is 6.01. The third-order valence-electron chi connectivity index (χ3n) is 3.61. The predicted molar refractivity (Wildman–Crippen MR) is 84.9 cm³/mol. The molecule has 1 saturated heterocycles. The summed E-state index contributed by atoms with van der Waals surface area (Å²) in [4.78, 5) is 24.3. The number of amides is 1. The molecule has 2 N–H and O–H groups in total. The third kappa shape index (κ3) is 4.46. The zero-order valence-corrected chi connectivity index (χ0v) is 12.7. The lowest BCUT2D eigenvalue weighted by Crippen LogP contribution is -2.32. The number of carbonyl (C=O) groups excluding carboxylic acids is 1. The Bertz CT molecular complexity index is 644. The van der Waals surface area contributed by atoms with Crippen LogP contribution in [-0.2, 0) is 11.3 Å². The van der Waals surface area contributed by atoms with Gasteiger partial charge in [-0.05, 0) is 24.5 Å². The van der Waals surface area contributed by atoms with Crippen LogP contribution in [0.5, 0.6) is 0 Å². The van der Waals surface area contributed by atoms with E-state index in [1.165, 1.54) is 6.33 Å². The summed E-state index contributed by atoms with van der Waals surface area (Å²) in [6.45, 7) is 1.87. The van der Waals surface area contributed by atoms with Crippen LogP contribution in [0.2, 0.25) is 0 Å². The van der Waals surface area contributed by atoms with Crippen LogP contribution >= 0.6 is 0 Å². The van der Waals surface area contributed by atoms with E-state index in [9.17, 15) is 4.79 Å². The van der Waals surface area contributed by atoms with Crippen molar-refractivity contribution in [2.75, 3.05) is 18.5 Å². The highest BCUT2D eigenvalue weighted by atomic mass is 16.5. The fourth-order valence-corrected chi connectivity index (χ4v) is 2.38. The predicted octanol–water partition coefficient (Wildman–Crippen LogP) is 1.39. The maximum Gasteiger partial charge on any atom is 0.270 e. The zero-order chi connectivity index (χ0) is 15.9. The van der Waals surface area contributed by atoms with E-state index >= 15 is 0 Å². The molecule has 0 radical (unpaired) electrons. The average Bonchev–Trinajstić information content (AvgIpc) is 3.12. The van der Waals surface area contributed by atoms with Gasteiger partial charge in [-0.15, -0.1) is 0 Å². The van der Waals surface area contributed by atoms with Gasteiger partial charge in [0.2, 0.25) is 0 Å². The summed E-state index contributed by atoms with van der Waals surface area (Å²) in [6, 6.07) is 5.48. The van der Waals surface area contributed by atoms with Crippen molar-refractivity contribution in [2.45, 2.75) is 25.5 Å². The molecule has 0 bridgehead atoms. The number of hydrogen-bond donors (Lipinski definition) is 2. The molecule has 1 aliphatic rings. The minimum atomic E-state index is -0.215. The summed E-state index contributed by atoms with van der Waals surface area (Å²) < 4.78 is 5.48. The standard InChI is InChI=1S/C16H19N5O2/c22-16(19-10-13-4-2-6-23-13)14-7-15(21-11-20-14)18-9-12-3-1-5-17-8-12/h1,3,5,7-8,11,13H,2,4,6,9-10H2,(H,19,22)(H,18,20,21). The molecule has 1 unspecified atom stereocenters. The molecule has 0 spiro atoms. The molecule has 23 heavy (non-hydrogen) atoms. The number of nitrogens with zero attached hydrogens (tertiary/aromatic N) is 3. The van der Waals surface area contributed by atoms with Gasteiger partial charge >= 0.3 is 0 Å². The molecule has 3 heterocycles. The van der Waals surface area contributed by atoms with Crippen LogP contribution in [0.4, 0.5) is 5.82 Å². The molecule has 7 nitrogen and oxygen atoms in total. The highest BCUT2D eigenvalue weighted by Gasteiger charge is 2.17. The van der Waals surface area contributed by atoms with E-state index in [0.717, 1.165) is 25.0 Å². The molecule has 2 aromatic heterocycles. The number of pyridine rings is 1. The average molecular weight is 313 g/mol. The third-order valence-corrected chi connectivity index (χ3v) is 3.61. The van der Waals surface area contributed by atoms with E-state index < -0.39 is 0 Å². The van der Waals surface area contributed by atoms with E-state index in [2.05, 4.69) is 25.6 Å². The number of anilines is 1. The number of hydrogen-bond acceptors (Lipinski definition) is 6. The molecular weight excluding hydrogens is 294 g/mol. The Kier molecular flexibility index (Phi) is 5.10. The molecule has 1 atom stereocenters. The lowest BCUT2D eigenvalue weighted by molar-refractivity contribution is 0.0853. The summed E-state index contributed by atoms with van der Waals surface area (Å²) in [6.07, 6.45) is 7.04. The SMILES string of the molecule is O=C(NCC1CCCO1)c1cc(NCc2cccnc2)ncn1. The van der Waals surface area contributed by atoms with Crippen molar-refractivity contribution in [1.29, 1.82) is 0 Å². The van der Waals surface area contributed by atoms with Gasteiger partial charge in [0, 0.05) is 38.2 Å². The summed E-state index contributed by atoms with van der Waals surface area (Å²) in [5.41, 5.74) is 1.38. The van der Waals surface area contributed by atoms with Crippen LogP contribution < -0.4 is 10.6 Å². The van der Waals surface area contributed by atoms with E-state index in [0.29, 0.717) is 24.6 Å². The molecule has 1 aliphatic heterocycles. The molecule has 7 heteroatoms. The van der Waals surface area contributed by atoms with Gasteiger partial charge in [-0.3, -0.25) is 9.78 Å². The van der Waals surface area contributed by atoms with Crippen molar-refractivity contribution in [3.8, 4) is 0 Å². The van der Waals surface area contributed by atoms with Gasteiger partial charge in [0.25, 0.3) is 5.91 Å². The molecule has 3 rings (SSSR count). The molecule has 1 amide bonds. The van der Waals surface area contributed by atoms with Crippen LogP contribution in [0.25, 0.3) is 0 Å². The first kappa shape index (κ1) is 15.4. The summed E-state index contributed by atoms with van der Waals surface area (Å²) in [7, 11) is 0. The fourth-order valence-electron chi connectivity index (χ4n) is 2.38. The van der Waals surface area contributed by atoms with Crippen molar-refractivity contribution in [3.63, 3.8) is 0 Å². The number of carbonyl (C=O) groups is 1. The minimum absolute atomic E-state index is 0.115. The van der Waals surface area contributed by atoms with Gasteiger partial charge < -0.3 is 15.4 Å². The maximum absolute atomic E-state index is 12.1. The minimum Gasteiger partial charge on any atom is -0.376 e. The summed E-state index contributed by atoms with van der Waals surface area (Å²) >= 11 is 0. The highest BCUT2D eigenvalue weighted by Crippen LogP contribution is 2.11. The highest BCUT2D eigenvalue weighted by molar-refractivity contribution is 5.92. The second-order valence-corrected chi connectivity index (χ2v) is 5.35. The van der Waals surface area contributed by atoms with Gasteiger partial charge in [0.15, 0.2) is 0 Å². The van der Waals surface area contributed by atoms with Crippen molar-refractivity contribution >= 4 is 11.7 Å². The van der Waals surface area contributed by atoms with Crippen LogP contribution in [-0.4, -0.2) is 40.1 Å². The lowest BCUT2D eigenvalue weighted by Gasteiger charge is -2.11. The molecule has 2 aromatic rings.